The molecular weight excluding hydrogens is 360 g/mol. The van der Waals surface area contributed by atoms with Crippen LogP contribution in [0.1, 0.15) is 31.2 Å². The van der Waals surface area contributed by atoms with E-state index in [4.69, 9.17) is 4.74 Å². The zero-order valence-electron chi connectivity index (χ0n) is 14.9. The van der Waals surface area contributed by atoms with Gasteiger partial charge in [-0.05, 0) is 53.9 Å². The predicted molar refractivity (Wildman–Crippen MR) is 110 cm³/mol. The second-order valence-electron chi connectivity index (χ2n) is 7.80. The van der Waals surface area contributed by atoms with Gasteiger partial charge in [0.15, 0.2) is 0 Å². The van der Waals surface area contributed by atoms with Gasteiger partial charge in [-0.25, -0.2) is 0 Å². The zero-order valence-corrected chi connectivity index (χ0v) is 16.5. The summed E-state index contributed by atoms with van der Waals surface area (Å²) in [7, 11) is 0. The van der Waals surface area contributed by atoms with E-state index in [0.717, 1.165) is 18.4 Å². The molecule has 3 atom stereocenters. The van der Waals surface area contributed by atoms with Crippen molar-refractivity contribution in [2.75, 3.05) is 11.5 Å². The first-order valence-corrected chi connectivity index (χ1v) is 11.6. The molecule has 3 aliphatic rings. The van der Waals surface area contributed by atoms with Crippen molar-refractivity contribution in [3.05, 3.63) is 48.0 Å². The summed E-state index contributed by atoms with van der Waals surface area (Å²) in [6.07, 6.45) is 4.67. The van der Waals surface area contributed by atoms with Crippen LogP contribution in [0.25, 0.3) is 10.8 Å². The molecule has 5 rings (SSSR count). The van der Waals surface area contributed by atoms with Crippen molar-refractivity contribution < 1.29 is 9.53 Å². The molecule has 2 aromatic carbocycles. The van der Waals surface area contributed by atoms with Gasteiger partial charge in [-0.1, -0.05) is 42.5 Å². The molecular formula is C22H24O2S2. The highest BCUT2D eigenvalue weighted by Gasteiger charge is 2.57. The third-order valence-corrected chi connectivity index (χ3v) is 10.5. The highest BCUT2D eigenvalue weighted by Crippen LogP contribution is 2.65. The number of esters is 1. The number of hydrogen-bond acceptors (Lipinski definition) is 4. The van der Waals surface area contributed by atoms with Crippen LogP contribution in [0.2, 0.25) is 0 Å². The first-order valence-electron chi connectivity index (χ1n) is 9.67. The van der Waals surface area contributed by atoms with Gasteiger partial charge in [0.05, 0.1) is 10.00 Å². The maximum Gasteiger partial charge on any atom is 0.309 e. The maximum absolute atomic E-state index is 12.8. The molecule has 3 fully saturated rings. The van der Waals surface area contributed by atoms with Gasteiger partial charge in [-0.2, -0.15) is 0 Å². The molecule has 1 heterocycles. The number of thioether (sulfide) groups is 2. The number of carbonyl (C=O) groups is 1. The molecule has 0 aromatic heterocycles. The molecule has 2 aromatic rings. The molecule has 2 aliphatic carbocycles. The fourth-order valence-corrected chi connectivity index (χ4v) is 9.22. The Hall–Kier alpha value is -1.13. The topological polar surface area (TPSA) is 26.3 Å². The molecule has 0 amide bonds. The number of carbonyl (C=O) groups excluding carboxylic acids is 1. The molecule has 1 saturated heterocycles. The van der Waals surface area contributed by atoms with Gasteiger partial charge in [0, 0.05) is 11.5 Å². The summed E-state index contributed by atoms with van der Waals surface area (Å²) in [5.41, 5.74) is 1.11. The van der Waals surface area contributed by atoms with Crippen LogP contribution in [0, 0.1) is 17.8 Å². The Bertz CT molecular complexity index is 807. The van der Waals surface area contributed by atoms with E-state index in [1.165, 1.54) is 35.1 Å². The largest absolute Gasteiger partial charge is 0.461 e. The zero-order chi connectivity index (χ0) is 17.6. The Morgan fingerprint density at radius 2 is 1.69 bits per heavy atom. The average Bonchev–Trinajstić information content (AvgIpc) is 3.21. The fourth-order valence-electron chi connectivity index (χ4n) is 5.28. The number of benzene rings is 2. The molecule has 2 saturated carbocycles. The molecule has 0 N–H and O–H groups in total. The van der Waals surface area contributed by atoms with Crippen LogP contribution in [0.4, 0.5) is 0 Å². The molecule has 2 nitrogen and oxygen atoms in total. The minimum atomic E-state index is 0.0256. The van der Waals surface area contributed by atoms with Crippen molar-refractivity contribution in [1.82, 2.24) is 0 Å². The standard InChI is InChI=1S/C22H24O2S2/c23-21(24-14-16-6-3-5-15-4-1-2-7-20(15)16)17-12-18-8-9-19(13-17)22(18)25-10-11-26-22/h1-7,17-19H,8-14H2/t17?,18-,19+. The van der Waals surface area contributed by atoms with E-state index in [-0.39, 0.29) is 11.9 Å². The third-order valence-electron chi connectivity index (χ3n) is 6.46. The van der Waals surface area contributed by atoms with Gasteiger partial charge >= 0.3 is 5.97 Å². The highest BCUT2D eigenvalue weighted by molar-refractivity contribution is 8.21. The van der Waals surface area contributed by atoms with E-state index in [9.17, 15) is 4.79 Å². The van der Waals surface area contributed by atoms with E-state index in [1.807, 2.05) is 18.2 Å². The molecule has 1 unspecified atom stereocenters. The molecule has 4 heteroatoms. The Balaban J connectivity index is 1.27. The van der Waals surface area contributed by atoms with Crippen LogP contribution in [0.5, 0.6) is 0 Å². The van der Waals surface area contributed by atoms with Crippen molar-refractivity contribution in [3.8, 4) is 0 Å². The lowest BCUT2D eigenvalue weighted by Gasteiger charge is -2.42. The first-order chi connectivity index (χ1) is 12.8. The summed E-state index contributed by atoms with van der Waals surface area (Å²) >= 11 is 4.36. The minimum absolute atomic E-state index is 0.0256. The lowest BCUT2D eigenvalue weighted by atomic mass is 9.80. The molecule has 2 bridgehead atoms. The van der Waals surface area contributed by atoms with E-state index in [1.54, 1.807) is 0 Å². The van der Waals surface area contributed by atoms with E-state index < -0.39 is 0 Å². The van der Waals surface area contributed by atoms with Crippen LogP contribution in [0.15, 0.2) is 42.5 Å². The molecule has 1 aliphatic heterocycles. The lowest BCUT2D eigenvalue weighted by Crippen LogP contribution is -2.40. The van der Waals surface area contributed by atoms with Gasteiger partial charge in [0.2, 0.25) is 0 Å². The number of rotatable bonds is 3. The quantitative estimate of drug-likeness (QED) is 0.653. The lowest BCUT2D eigenvalue weighted by molar-refractivity contribution is -0.151. The summed E-state index contributed by atoms with van der Waals surface area (Å²) in [4.78, 5) is 12.8. The Morgan fingerprint density at radius 1 is 1.00 bits per heavy atom. The molecule has 136 valence electrons. The van der Waals surface area contributed by atoms with Crippen molar-refractivity contribution in [1.29, 1.82) is 0 Å². The van der Waals surface area contributed by atoms with Crippen LogP contribution in [0.3, 0.4) is 0 Å². The van der Waals surface area contributed by atoms with Gasteiger partial charge in [-0.15, -0.1) is 23.5 Å². The summed E-state index contributed by atoms with van der Waals surface area (Å²) in [6.45, 7) is 0.390. The van der Waals surface area contributed by atoms with E-state index >= 15 is 0 Å². The van der Waals surface area contributed by atoms with Crippen molar-refractivity contribution in [2.24, 2.45) is 17.8 Å². The summed E-state index contributed by atoms with van der Waals surface area (Å²) < 4.78 is 6.24. The normalized spacial score (nSPS) is 29.3. The van der Waals surface area contributed by atoms with Crippen LogP contribution in [-0.2, 0) is 16.1 Å². The second-order valence-corrected chi connectivity index (χ2v) is 10.8. The van der Waals surface area contributed by atoms with E-state index in [2.05, 4.69) is 47.8 Å². The van der Waals surface area contributed by atoms with Gasteiger partial charge in [0.25, 0.3) is 0 Å². The maximum atomic E-state index is 12.8. The first kappa shape index (κ1) is 17.0. The number of ether oxygens (including phenoxy) is 1. The third kappa shape index (κ3) is 2.77. The predicted octanol–water partition coefficient (Wildman–Crippen LogP) is 5.50. The number of fused-ring (bicyclic) bond motifs is 1. The van der Waals surface area contributed by atoms with Crippen LogP contribution >= 0.6 is 23.5 Å². The second kappa shape index (κ2) is 6.79. The Kier molecular flexibility index (Phi) is 4.44. The molecule has 26 heavy (non-hydrogen) atoms. The molecule has 1 spiro atoms. The molecule has 0 radical (unpaired) electrons. The monoisotopic (exact) mass is 384 g/mol. The Labute approximate surface area is 163 Å². The van der Waals surface area contributed by atoms with Gasteiger partial charge < -0.3 is 4.74 Å². The van der Waals surface area contributed by atoms with Crippen LogP contribution < -0.4 is 0 Å². The fraction of sp³-hybridized carbons (Fsp3) is 0.500. The van der Waals surface area contributed by atoms with Gasteiger partial charge in [-0.3, -0.25) is 4.79 Å². The van der Waals surface area contributed by atoms with Crippen molar-refractivity contribution in [3.63, 3.8) is 0 Å². The summed E-state index contributed by atoms with van der Waals surface area (Å²) in [5.74, 6) is 4.11. The number of hydrogen-bond donors (Lipinski definition) is 0. The smallest absolute Gasteiger partial charge is 0.309 e. The Morgan fingerprint density at radius 3 is 2.46 bits per heavy atom. The SMILES string of the molecule is O=C(OCc1cccc2ccccc12)C1C[C@H]2CC[C@@H](C1)C21SCCS1. The minimum Gasteiger partial charge on any atom is -0.461 e. The van der Waals surface area contributed by atoms with Gasteiger partial charge in [0.1, 0.15) is 6.61 Å². The summed E-state index contributed by atoms with van der Waals surface area (Å²) in [6, 6.07) is 14.5. The van der Waals surface area contributed by atoms with Crippen molar-refractivity contribution in [2.45, 2.75) is 36.4 Å². The van der Waals surface area contributed by atoms with Crippen LogP contribution in [-0.4, -0.2) is 21.6 Å². The van der Waals surface area contributed by atoms with Crippen molar-refractivity contribution >= 4 is 40.3 Å². The summed E-state index contributed by atoms with van der Waals surface area (Å²) in [5, 5.41) is 2.39. The van der Waals surface area contributed by atoms with E-state index in [0.29, 0.717) is 22.5 Å². The average molecular weight is 385 g/mol. The highest BCUT2D eigenvalue weighted by atomic mass is 32.2.